The molecule has 0 spiro atoms. The van der Waals surface area contributed by atoms with Crippen molar-refractivity contribution in [1.29, 1.82) is 0 Å². The third-order valence-corrected chi connectivity index (χ3v) is 2.67. The molecule has 1 heterocycles. The maximum Gasteiger partial charge on any atom is 0.156 e. The van der Waals surface area contributed by atoms with Gasteiger partial charge in [-0.25, -0.2) is 4.98 Å². The van der Waals surface area contributed by atoms with Crippen LogP contribution in [0.3, 0.4) is 0 Å². The fraction of sp³-hybridized carbons (Fsp3) is 0.182. The summed E-state index contributed by atoms with van der Waals surface area (Å²) in [4.78, 5) is 3.94. The van der Waals surface area contributed by atoms with E-state index in [0.29, 0.717) is 28.9 Å². The van der Waals surface area contributed by atoms with E-state index in [9.17, 15) is 0 Å². The summed E-state index contributed by atoms with van der Waals surface area (Å²) in [5.74, 6) is 0.533. The zero-order valence-corrected chi connectivity index (χ0v) is 9.95. The zero-order chi connectivity index (χ0) is 11.4. The van der Waals surface area contributed by atoms with Crippen LogP contribution in [0, 0.1) is 0 Å². The molecule has 0 amide bonds. The Morgan fingerprint density at radius 3 is 2.62 bits per heavy atom. The number of hydrogen-bond acceptors (Lipinski definition) is 2. The number of hydrogen-bond donors (Lipinski definition) is 0. The lowest BCUT2D eigenvalue weighted by atomic mass is 10.3. The minimum absolute atomic E-state index is 0.500. The van der Waals surface area contributed by atoms with Gasteiger partial charge in [0.05, 0.1) is 22.9 Å². The van der Waals surface area contributed by atoms with E-state index in [2.05, 4.69) is 4.98 Å². The summed E-state index contributed by atoms with van der Waals surface area (Å²) in [6.45, 7) is 1.21. The van der Waals surface area contributed by atoms with Gasteiger partial charge in [0.2, 0.25) is 0 Å². The Morgan fingerprint density at radius 2 is 2.00 bits per heavy atom. The molecule has 0 unspecified atom stereocenters. The van der Waals surface area contributed by atoms with E-state index in [1.54, 1.807) is 30.7 Å². The fourth-order valence-corrected chi connectivity index (χ4v) is 1.80. The minimum atomic E-state index is 0.500. The summed E-state index contributed by atoms with van der Waals surface area (Å²) in [6, 6.07) is 5.29. The van der Waals surface area contributed by atoms with Crippen LogP contribution in [-0.4, -0.2) is 16.2 Å². The normalized spacial score (nSPS) is 10.4. The summed E-state index contributed by atoms with van der Waals surface area (Å²) in [5.41, 5.74) is 0. The third kappa shape index (κ3) is 2.68. The molecular weight excluding hydrogens is 247 g/mol. The first kappa shape index (κ1) is 11.3. The summed E-state index contributed by atoms with van der Waals surface area (Å²) in [6.07, 6.45) is 5.33. The summed E-state index contributed by atoms with van der Waals surface area (Å²) < 4.78 is 7.45. The first-order valence-electron chi connectivity index (χ1n) is 4.80. The molecule has 2 aromatic rings. The molecule has 0 aliphatic rings. The second-order valence-corrected chi connectivity index (χ2v) is 4.01. The van der Waals surface area contributed by atoms with Gasteiger partial charge in [0.1, 0.15) is 6.61 Å². The van der Waals surface area contributed by atoms with Crippen molar-refractivity contribution in [3.63, 3.8) is 0 Å². The second kappa shape index (κ2) is 5.23. The average Bonchev–Trinajstić information content (AvgIpc) is 2.75. The SMILES string of the molecule is Clc1cccc(Cl)c1OCCn1ccnc1. The standard InChI is InChI=1S/C11H10Cl2N2O/c12-9-2-1-3-10(13)11(9)16-7-6-15-5-4-14-8-15/h1-5,8H,6-7H2. The predicted octanol–water partition coefficient (Wildman–Crippen LogP) is 3.27. The van der Waals surface area contributed by atoms with Gasteiger partial charge in [-0.15, -0.1) is 0 Å². The first-order chi connectivity index (χ1) is 7.77. The third-order valence-electron chi connectivity index (χ3n) is 2.07. The Balaban J connectivity index is 1.95. The second-order valence-electron chi connectivity index (χ2n) is 3.20. The molecule has 0 aliphatic heterocycles. The van der Waals surface area contributed by atoms with E-state index in [4.69, 9.17) is 27.9 Å². The van der Waals surface area contributed by atoms with Crippen molar-refractivity contribution in [2.45, 2.75) is 6.54 Å². The number of nitrogens with zero attached hydrogens (tertiary/aromatic N) is 2. The van der Waals surface area contributed by atoms with Crippen LogP contribution in [0.15, 0.2) is 36.9 Å². The molecule has 0 saturated heterocycles. The molecule has 0 saturated carbocycles. The molecule has 5 heteroatoms. The molecule has 0 aliphatic carbocycles. The Hall–Kier alpha value is -1.19. The summed E-state index contributed by atoms with van der Waals surface area (Å²) in [5, 5.41) is 1.05. The van der Waals surface area contributed by atoms with Crippen molar-refractivity contribution >= 4 is 23.2 Å². The van der Waals surface area contributed by atoms with Crippen LogP contribution in [0.1, 0.15) is 0 Å². The molecule has 3 nitrogen and oxygen atoms in total. The van der Waals surface area contributed by atoms with Gasteiger partial charge in [-0.1, -0.05) is 29.3 Å². The highest BCUT2D eigenvalue weighted by molar-refractivity contribution is 6.37. The molecule has 0 fully saturated rings. The fourth-order valence-electron chi connectivity index (χ4n) is 1.29. The van der Waals surface area contributed by atoms with E-state index in [1.807, 2.05) is 10.8 Å². The topological polar surface area (TPSA) is 27.1 Å². The highest BCUT2D eigenvalue weighted by Crippen LogP contribution is 2.32. The van der Waals surface area contributed by atoms with Gasteiger partial charge in [0.15, 0.2) is 5.75 Å². The average molecular weight is 257 g/mol. The van der Waals surface area contributed by atoms with Crippen molar-refractivity contribution in [3.8, 4) is 5.75 Å². The molecular formula is C11H10Cl2N2O. The summed E-state index contributed by atoms with van der Waals surface area (Å²) in [7, 11) is 0. The molecule has 0 N–H and O–H groups in total. The Kier molecular flexibility index (Phi) is 3.70. The van der Waals surface area contributed by atoms with Crippen LogP contribution in [0.2, 0.25) is 10.0 Å². The lowest BCUT2D eigenvalue weighted by Crippen LogP contribution is -2.06. The van der Waals surface area contributed by atoms with E-state index < -0.39 is 0 Å². The quantitative estimate of drug-likeness (QED) is 0.840. The molecule has 0 radical (unpaired) electrons. The van der Waals surface area contributed by atoms with Crippen molar-refractivity contribution in [1.82, 2.24) is 9.55 Å². The van der Waals surface area contributed by atoms with Crippen LogP contribution in [0.25, 0.3) is 0 Å². The van der Waals surface area contributed by atoms with Crippen LogP contribution in [0.5, 0.6) is 5.75 Å². The van der Waals surface area contributed by atoms with E-state index >= 15 is 0 Å². The van der Waals surface area contributed by atoms with Gasteiger partial charge in [0.25, 0.3) is 0 Å². The highest BCUT2D eigenvalue weighted by Gasteiger charge is 2.05. The van der Waals surface area contributed by atoms with Gasteiger partial charge >= 0.3 is 0 Å². The van der Waals surface area contributed by atoms with E-state index in [1.165, 1.54) is 0 Å². The number of benzene rings is 1. The minimum Gasteiger partial charge on any atom is -0.489 e. The summed E-state index contributed by atoms with van der Waals surface area (Å²) >= 11 is 11.9. The molecule has 84 valence electrons. The molecule has 2 rings (SSSR count). The number of aromatic nitrogens is 2. The van der Waals surface area contributed by atoms with Gasteiger partial charge in [-0.05, 0) is 12.1 Å². The Morgan fingerprint density at radius 1 is 1.25 bits per heavy atom. The highest BCUT2D eigenvalue weighted by atomic mass is 35.5. The smallest absolute Gasteiger partial charge is 0.156 e. The number of imidazole rings is 1. The zero-order valence-electron chi connectivity index (χ0n) is 8.44. The first-order valence-corrected chi connectivity index (χ1v) is 5.55. The van der Waals surface area contributed by atoms with Crippen LogP contribution >= 0.6 is 23.2 Å². The Labute approximate surface area is 104 Å². The lowest BCUT2D eigenvalue weighted by Gasteiger charge is -2.09. The van der Waals surface area contributed by atoms with Crippen molar-refractivity contribution in [2.75, 3.05) is 6.61 Å². The molecule has 16 heavy (non-hydrogen) atoms. The molecule has 1 aromatic carbocycles. The van der Waals surface area contributed by atoms with Gasteiger partial charge < -0.3 is 9.30 Å². The van der Waals surface area contributed by atoms with Crippen LogP contribution in [-0.2, 0) is 6.54 Å². The predicted molar refractivity (Wildman–Crippen MR) is 64.2 cm³/mol. The number of ether oxygens (including phenoxy) is 1. The molecule has 1 aromatic heterocycles. The largest absolute Gasteiger partial charge is 0.489 e. The molecule has 0 atom stereocenters. The number of rotatable bonds is 4. The van der Waals surface area contributed by atoms with Gasteiger partial charge in [-0.2, -0.15) is 0 Å². The Bertz CT molecular complexity index is 437. The van der Waals surface area contributed by atoms with Gasteiger partial charge in [-0.3, -0.25) is 0 Å². The molecule has 0 bridgehead atoms. The maximum absolute atomic E-state index is 5.96. The van der Waals surface area contributed by atoms with E-state index in [0.717, 1.165) is 0 Å². The number of halogens is 2. The van der Waals surface area contributed by atoms with E-state index in [-0.39, 0.29) is 0 Å². The van der Waals surface area contributed by atoms with Crippen LogP contribution in [0.4, 0.5) is 0 Å². The maximum atomic E-state index is 5.96. The number of para-hydroxylation sites is 1. The van der Waals surface area contributed by atoms with Gasteiger partial charge in [0, 0.05) is 12.4 Å². The van der Waals surface area contributed by atoms with Crippen molar-refractivity contribution in [2.24, 2.45) is 0 Å². The monoisotopic (exact) mass is 256 g/mol. The lowest BCUT2D eigenvalue weighted by molar-refractivity contribution is 0.298. The van der Waals surface area contributed by atoms with Crippen molar-refractivity contribution < 1.29 is 4.74 Å². The van der Waals surface area contributed by atoms with Crippen molar-refractivity contribution in [3.05, 3.63) is 47.0 Å². The van der Waals surface area contributed by atoms with Crippen LogP contribution < -0.4 is 4.74 Å².